The first-order valence-electron chi connectivity index (χ1n) is 11.3. The van der Waals surface area contributed by atoms with Crippen molar-refractivity contribution in [2.24, 2.45) is 5.92 Å². The summed E-state index contributed by atoms with van der Waals surface area (Å²) in [5.74, 6) is 0.855. The second-order valence-electron chi connectivity index (χ2n) is 8.85. The Bertz CT molecular complexity index is 1280. The minimum Gasteiger partial charge on any atom is -0.477 e. The topological polar surface area (TPSA) is 79.9 Å². The monoisotopic (exact) mass is 444 g/mol. The molecule has 3 aromatic rings. The average Bonchev–Trinajstić information content (AvgIpc) is 3.55. The number of hydrogen-bond donors (Lipinski definition) is 1. The van der Waals surface area contributed by atoms with E-state index in [1.54, 1.807) is 13.0 Å². The lowest BCUT2D eigenvalue weighted by Gasteiger charge is -2.18. The summed E-state index contributed by atoms with van der Waals surface area (Å²) >= 11 is 0. The van der Waals surface area contributed by atoms with Gasteiger partial charge in [-0.25, -0.2) is 4.39 Å². The van der Waals surface area contributed by atoms with Crippen LogP contribution in [0, 0.1) is 30.0 Å². The molecule has 1 atom stereocenters. The summed E-state index contributed by atoms with van der Waals surface area (Å²) in [7, 11) is 0. The van der Waals surface area contributed by atoms with Gasteiger partial charge in [0.15, 0.2) is 5.82 Å². The first-order chi connectivity index (χ1) is 16.0. The van der Waals surface area contributed by atoms with Crippen LogP contribution in [0.15, 0.2) is 47.3 Å². The molecule has 0 unspecified atom stereocenters. The molecule has 2 aromatic carbocycles. The summed E-state index contributed by atoms with van der Waals surface area (Å²) < 4.78 is 22.0. The lowest BCUT2D eigenvalue weighted by molar-refractivity contribution is 0.248. The normalized spacial score (nSPS) is 17.7. The van der Waals surface area contributed by atoms with Crippen molar-refractivity contribution in [3.63, 3.8) is 0 Å². The molecule has 0 amide bonds. The fourth-order valence-electron chi connectivity index (χ4n) is 4.27. The van der Waals surface area contributed by atoms with Gasteiger partial charge in [-0.05, 0) is 74.5 Å². The molecule has 2 heterocycles. The number of nitriles is 1. The van der Waals surface area contributed by atoms with E-state index in [1.165, 1.54) is 35.1 Å². The van der Waals surface area contributed by atoms with E-state index in [0.29, 0.717) is 35.3 Å². The molecule has 1 aliphatic heterocycles. The highest BCUT2D eigenvalue weighted by atomic mass is 19.1. The Labute approximate surface area is 191 Å². The van der Waals surface area contributed by atoms with Gasteiger partial charge < -0.3 is 10.1 Å². The molecule has 0 spiro atoms. The van der Waals surface area contributed by atoms with Gasteiger partial charge in [0.05, 0.1) is 23.4 Å². The minimum atomic E-state index is -0.653. The predicted octanol–water partition coefficient (Wildman–Crippen LogP) is 4.08. The number of ether oxygens (including phenoxy) is 1. The molecule has 1 saturated heterocycles. The Hall–Kier alpha value is -3.50. The van der Waals surface area contributed by atoms with Crippen molar-refractivity contribution < 1.29 is 9.13 Å². The third-order valence-electron chi connectivity index (χ3n) is 6.43. The number of rotatable bonds is 6. The zero-order chi connectivity index (χ0) is 22.9. The minimum absolute atomic E-state index is 0.0567. The van der Waals surface area contributed by atoms with Crippen molar-refractivity contribution in [1.82, 2.24) is 14.9 Å². The van der Waals surface area contributed by atoms with Gasteiger partial charge >= 0.3 is 0 Å². The van der Waals surface area contributed by atoms with Crippen LogP contribution in [-0.4, -0.2) is 29.2 Å². The van der Waals surface area contributed by atoms with Crippen LogP contribution in [-0.2, 0) is 0 Å². The van der Waals surface area contributed by atoms with Gasteiger partial charge in [-0.1, -0.05) is 12.1 Å². The summed E-state index contributed by atoms with van der Waals surface area (Å²) in [6.45, 7) is 3.99. The molecule has 33 heavy (non-hydrogen) atoms. The average molecular weight is 445 g/mol. The Morgan fingerprint density at radius 2 is 2.00 bits per heavy atom. The van der Waals surface area contributed by atoms with E-state index in [2.05, 4.69) is 10.3 Å². The van der Waals surface area contributed by atoms with Crippen LogP contribution in [0.1, 0.15) is 41.9 Å². The first-order valence-corrected chi connectivity index (χ1v) is 11.3. The fraction of sp³-hybridized carbons (Fsp3) is 0.346. The Morgan fingerprint density at radius 1 is 1.21 bits per heavy atom. The van der Waals surface area contributed by atoms with Gasteiger partial charge in [0, 0.05) is 18.0 Å². The second-order valence-corrected chi connectivity index (χ2v) is 8.85. The van der Waals surface area contributed by atoms with E-state index in [1.807, 2.05) is 30.3 Å². The smallest absolute Gasteiger partial charge is 0.265 e. The van der Waals surface area contributed by atoms with Gasteiger partial charge in [-0.3, -0.25) is 9.36 Å². The standard InChI is InChI=1S/C26H25FN4O2/c1-16-25(33-15-17-10-11-29-14-17)30-24(20-4-5-21(13-28)23(27)12-20)31(26(16)32)22-8-6-19(7-9-22)18-2-3-18/h4-9,12,17-18,29H,2-3,10-11,14-15H2,1H3/t17-/m0/s1. The van der Waals surface area contributed by atoms with Gasteiger partial charge in [-0.15, -0.1) is 0 Å². The SMILES string of the molecule is Cc1c(OC[C@H]2CCNC2)nc(-c2ccc(C#N)c(F)c2)n(-c2ccc(C3CC3)cc2)c1=O. The molecule has 5 rings (SSSR count). The quantitative estimate of drug-likeness (QED) is 0.620. The van der Waals surface area contributed by atoms with Crippen molar-refractivity contribution in [2.75, 3.05) is 19.7 Å². The fourth-order valence-corrected chi connectivity index (χ4v) is 4.27. The summed E-state index contributed by atoms with van der Waals surface area (Å²) in [6, 6.07) is 14.0. The molecule has 168 valence electrons. The van der Waals surface area contributed by atoms with E-state index in [9.17, 15) is 9.18 Å². The van der Waals surface area contributed by atoms with E-state index in [-0.39, 0.29) is 22.8 Å². The maximum atomic E-state index is 14.5. The molecule has 1 N–H and O–H groups in total. The highest BCUT2D eigenvalue weighted by Gasteiger charge is 2.24. The van der Waals surface area contributed by atoms with Gasteiger partial charge in [0.2, 0.25) is 5.88 Å². The summed E-state index contributed by atoms with van der Waals surface area (Å²) in [6.07, 6.45) is 3.40. The molecular weight excluding hydrogens is 419 g/mol. The van der Waals surface area contributed by atoms with Crippen LogP contribution in [0.5, 0.6) is 5.88 Å². The van der Waals surface area contributed by atoms with E-state index in [0.717, 1.165) is 19.5 Å². The maximum Gasteiger partial charge on any atom is 0.265 e. The van der Waals surface area contributed by atoms with Gasteiger partial charge in [0.25, 0.3) is 5.56 Å². The lowest BCUT2D eigenvalue weighted by Crippen LogP contribution is -2.26. The number of hydrogen-bond acceptors (Lipinski definition) is 5. The Balaban J connectivity index is 1.61. The Kier molecular flexibility index (Phi) is 5.69. The molecule has 1 saturated carbocycles. The van der Waals surface area contributed by atoms with Crippen LogP contribution in [0.4, 0.5) is 4.39 Å². The summed E-state index contributed by atoms with van der Waals surface area (Å²) in [4.78, 5) is 18.2. The van der Waals surface area contributed by atoms with Crippen LogP contribution in [0.2, 0.25) is 0 Å². The van der Waals surface area contributed by atoms with E-state index >= 15 is 0 Å². The predicted molar refractivity (Wildman–Crippen MR) is 123 cm³/mol. The van der Waals surface area contributed by atoms with E-state index in [4.69, 9.17) is 10.00 Å². The third-order valence-corrected chi connectivity index (χ3v) is 6.43. The van der Waals surface area contributed by atoms with Crippen LogP contribution in [0.25, 0.3) is 17.1 Å². The molecule has 0 bridgehead atoms. The number of benzene rings is 2. The molecular formula is C26H25FN4O2. The second kappa shape index (κ2) is 8.80. The van der Waals surface area contributed by atoms with Crippen LogP contribution < -0.4 is 15.6 Å². The van der Waals surface area contributed by atoms with Crippen molar-refractivity contribution >= 4 is 0 Å². The van der Waals surface area contributed by atoms with E-state index < -0.39 is 5.82 Å². The molecule has 1 aromatic heterocycles. The summed E-state index contributed by atoms with van der Waals surface area (Å²) in [5.41, 5.74) is 2.41. The number of nitrogens with zero attached hydrogens (tertiary/aromatic N) is 3. The number of halogens is 1. The van der Waals surface area contributed by atoms with Crippen molar-refractivity contribution in [2.45, 2.75) is 32.1 Å². The molecule has 7 heteroatoms. The zero-order valence-corrected chi connectivity index (χ0v) is 18.5. The highest BCUT2D eigenvalue weighted by molar-refractivity contribution is 5.61. The highest BCUT2D eigenvalue weighted by Crippen LogP contribution is 2.40. The van der Waals surface area contributed by atoms with Gasteiger partial charge in [-0.2, -0.15) is 10.2 Å². The van der Waals surface area contributed by atoms with Crippen LogP contribution in [0.3, 0.4) is 0 Å². The van der Waals surface area contributed by atoms with Crippen LogP contribution >= 0.6 is 0 Å². The molecule has 1 aliphatic carbocycles. The number of aromatic nitrogens is 2. The molecule has 2 aliphatic rings. The largest absolute Gasteiger partial charge is 0.477 e. The molecule has 6 nitrogen and oxygen atoms in total. The van der Waals surface area contributed by atoms with Crippen molar-refractivity contribution in [3.8, 4) is 29.0 Å². The maximum absolute atomic E-state index is 14.5. The summed E-state index contributed by atoms with van der Waals surface area (Å²) in [5, 5.41) is 12.4. The molecule has 0 radical (unpaired) electrons. The first kappa shape index (κ1) is 21.4. The Morgan fingerprint density at radius 3 is 2.64 bits per heavy atom. The van der Waals surface area contributed by atoms with Crippen molar-refractivity contribution in [3.05, 3.63) is 75.3 Å². The number of nitrogens with one attached hydrogen (secondary N) is 1. The zero-order valence-electron chi connectivity index (χ0n) is 18.5. The lowest BCUT2D eigenvalue weighted by atomic mass is 10.1. The van der Waals surface area contributed by atoms with Gasteiger partial charge in [0.1, 0.15) is 11.9 Å². The van der Waals surface area contributed by atoms with Crippen molar-refractivity contribution in [1.29, 1.82) is 5.26 Å². The third kappa shape index (κ3) is 4.27. The molecule has 2 fully saturated rings.